The highest BCUT2D eigenvalue weighted by Gasteiger charge is 2.20. The van der Waals surface area contributed by atoms with Crippen LogP contribution < -0.4 is 0 Å². The average Bonchev–Trinajstić information content (AvgIpc) is 1.60. The molecular formula is C7H16NSi. The van der Waals surface area contributed by atoms with Gasteiger partial charge in [-0.1, -0.05) is 19.9 Å². The molecule has 1 saturated heterocycles. The van der Waals surface area contributed by atoms with E-state index in [4.69, 9.17) is 0 Å². The van der Waals surface area contributed by atoms with E-state index in [1.807, 2.05) is 0 Å². The molecule has 1 nitrogen and oxygen atoms in total. The summed E-state index contributed by atoms with van der Waals surface area (Å²) in [5.41, 5.74) is 0. The summed E-state index contributed by atoms with van der Waals surface area (Å²) in [7, 11) is -0.0490. The minimum atomic E-state index is -0.0490. The van der Waals surface area contributed by atoms with E-state index in [9.17, 15) is 0 Å². The lowest BCUT2D eigenvalue weighted by Gasteiger charge is -2.35. The van der Waals surface area contributed by atoms with Crippen LogP contribution in [0.3, 0.4) is 0 Å². The third-order valence-electron chi connectivity index (χ3n) is 2.01. The van der Waals surface area contributed by atoms with E-state index in [0.717, 1.165) is 0 Å². The first-order chi connectivity index (χ1) is 4.34. The minimum absolute atomic E-state index is 0.0490. The molecule has 0 aromatic heterocycles. The molecule has 1 rings (SSSR count). The average molecular weight is 142 g/mol. The summed E-state index contributed by atoms with van der Waals surface area (Å²) in [6.07, 6.45) is 2.83. The van der Waals surface area contributed by atoms with Crippen molar-refractivity contribution in [2.45, 2.75) is 32.4 Å². The third-order valence-corrected chi connectivity index (χ3v) is 4.76. The highest BCUT2D eigenvalue weighted by molar-refractivity contribution is 6.54. The maximum Gasteiger partial charge on any atom is 0.133 e. The van der Waals surface area contributed by atoms with Crippen molar-refractivity contribution in [1.82, 2.24) is 4.57 Å². The van der Waals surface area contributed by atoms with Crippen molar-refractivity contribution in [2.75, 3.05) is 13.1 Å². The van der Waals surface area contributed by atoms with Crippen LogP contribution in [0.25, 0.3) is 0 Å². The Morgan fingerprint density at radius 2 is 2.11 bits per heavy atom. The molecule has 0 atom stereocenters. The van der Waals surface area contributed by atoms with Crippen LogP contribution in [0.1, 0.15) is 19.8 Å². The molecular weight excluding hydrogens is 126 g/mol. The number of nitrogens with zero attached hydrogens (tertiary/aromatic N) is 1. The van der Waals surface area contributed by atoms with Crippen LogP contribution >= 0.6 is 0 Å². The van der Waals surface area contributed by atoms with Gasteiger partial charge in [-0.2, -0.15) is 0 Å². The summed E-state index contributed by atoms with van der Waals surface area (Å²) in [5, 5.41) is 0. The Labute approximate surface area is 59.7 Å². The van der Waals surface area contributed by atoms with Gasteiger partial charge in [0, 0.05) is 0 Å². The van der Waals surface area contributed by atoms with Crippen molar-refractivity contribution in [3.05, 3.63) is 0 Å². The zero-order chi connectivity index (χ0) is 6.69. The summed E-state index contributed by atoms with van der Waals surface area (Å²) in [5.74, 6) is 0. The summed E-state index contributed by atoms with van der Waals surface area (Å²) in [6, 6.07) is 1.48. The van der Waals surface area contributed by atoms with E-state index < -0.39 is 0 Å². The lowest BCUT2D eigenvalue weighted by atomic mass is 10.3. The molecule has 53 valence electrons. The summed E-state index contributed by atoms with van der Waals surface area (Å²) in [6.45, 7) is 7.51. The maximum absolute atomic E-state index is 2.66. The van der Waals surface area contributed by atoms with Gasteiger partial charge in [-0.15, -0.1) is 0 Å². The molecule has 1 heterocycles. The Bertz CT molecular complexity index is 81.0. The molecule has 0 spiro atoms. The van der Waals surface area contributed by atoms with Crippen molar-refractivity contribution >= 4 is 8.96 Å². The largest absolute Gasteiger partial charge is 0.324 e. The predicted molar refractivity (Wildman–Crippen MR) is 42.9 cm³/mol. The molecule has 1 radical (unpaired) electrons. The van der Waals surface area contributed by atoms with Crippen LogP contribution in [0, 0.1) is 0 Å². The van der Waals surface area contributed by atoms with Gasteiger partial charge in [0.15, 0.2) is 0 Å². The highest BCUT2D eigenvalue weighted by atomic mass is 28.3. The first-order valence-electron chi connectivity index (χ1n) is 3.92. The van der Waals surface area contributed by atoms with E-state index in [0.29, 0.717) is 0 Å². The standard InChI is InChI=1S/C7H16NSi/c1-3-7-9(2)8-5-4-6-8/h3-7H2,1-2H3. The number of hydrogen-bond donors (Lipinski definition) is 0. The SMILES string of the molecule is CCC[Si](C)N1CCC1. The van der Waals surface area contributed by atoms with Crippen LogP contribution in [0.5, 0.6) is 0 Å². The highest BCUT2D eigenvalue weighted by Crippen LogP contribution is 2.11. The fourth-order valence-corrected chi connectivity index (χ4v) is 3.34. The fourth-order valence-electron chi connectivity index (χ4n) is 1.22. The summed E-state index contributed by atoms with van der Waals surface area (Å²) < 4.78 is 2.66. The van der Waals surface area contributed by atoms with Crippen LogP contribution in [0.2, 0.25) is 12.6 Å². The van der Waals surface area contributed by atoms with Gasteiger partial charge in [0.05, 0.1) is 0 Å². The molecule has 0 aromatic carbocycles. The molecule has 0 N–H and O–H groups in total. The molecule has 0 amide bonds. The van der Waals surface area contributed by atoms with Crippen LogP contribution in [0.15, 0.2) is 0 Å². The van der Waals surface area contributed by atoms with Crippen molar-refractivity contribution < 1.29 is 0 Å². The van der Waals surface area contributed by atoms with E-state index in [2.05, 4.69) is 18.0 Å². The van der Waals surface area contributed by atoms with Gasteiger partial charge in [0.25, 0.3) is 0 Å². The van der Waals surface area contributed by atoms with Crippen LogP contribution in [-0.2, 0) is 0 Å². The Hall–Kier alpha value is 0.177. The van der Waals surface area contributed by atoms with Gasteiger partial charge in [-0.3, -0.25) is 0 Å². The predicted octanol–water partition coefficient (Wildman–Crippen LogP) is 1.72. The van der Waals surface area contributed by atoms with E-state index in [-0.39, 0.29) is 8.96 Å². The zero-order valence-corrected chi connectivity index (χ0v) is 7.48. The van der Waals surface area contributed by atoms with Gasteiger partial charge in [0.2, 0.25) is 0 Å². The van der Waals surface area contributed by atoms with Gasteiger partial charge < -0.3 is 4.57 Å². The molecule has 0 unspecified atom stereocenters. The van der Waals surface area contributed by atoms with Gasteiger partial charge in [0.1, 0.15) is 8.96 Å². The van der Waals surface area contributed by atoms with E-state index in [1.165, 1.54) is 32.0 Å². The van der Waals surface area contributed by atoms with Crippen molar-refractivity contribution in [1.29, 1.82) is 0 Å². The Morgan fingerprint density at radius 3 is 2.44 bits per heavy atom. The first kappa shape index (κ1) is 7.29. The molecule has 1 fully saturated rings. The quantitative estimate of drug-likeness (QED) is 0.542. The normalized spacial score (nSPS) is 20.3. The molecule has 1 aliphatic heterocycles. The zero-order valence-electron chi connectivity index (χ0n) is 6.48. The third kappa shape index (κ3) is 1.80. The molecule has 1 aliphatic rings. The topological polar surface area (TPSA) is 3.24 Å². The second-order valence-corrected chi connectivity index (χ2v) is 5.43. The van der Waals surface area contributed by atoms with Crippen molar-refractivity contribution in [3.8, 4) is 0 Å². The molecule has 0 bridgehead atoms. The molecule has 0 saturated carbocycles. The summed E-state index contributed by atoms with van der Waals surface area (Å²) >= 11 is 0. The minimum Gasteiger partial charge on any atom is -0.324 e. The van der Waals surface area contributed by atoms with Crippen molar-refractivity contribution in [2.24, 2.45) is 0 Å². The van der Waals surface area contributed by atoms with Crippen LogP contribution in [0.4, 0.5) is 0 Å². The van der Waals surface area contributed by atoms with Gasteiger partial charge in [-0.05, 0) is 25.6 Å². The van der Waals surface area contributed by atoms with E-state index in [1.54, 1.807) is 0 Å². The second-order valence-electron chi connectivity index (χ2n) is 2.83. The molecule has 0 aromatic rings. The smallest absolute Gasteiger partial charge is 0.133 e. The molecule has 0 aliphatic carbocycles. The van der Waals surface area contributed by atoms with Gasteiger partial charge in [-0.25, -0.2) is 0 Å². The van der Waals surface area contributed by atoms with Crippen LogP contribution in [-0.4, -0.2) is 26.6 Å². The summed E-state index contributed by atoms with van der Waals surface area (Å²) in [4.78, 5) is 0. The lowest BCUT2D eigenvalue weighted by Crippen LogP contribution is -2.46. The second kappa shape index (κ2) is 3.37. The number of rotatable bonds is 3. The van der Waals surface area contributed by atoms with E-state index >= 15 is 0 Å². The lowest BCUT2D eigenvalue weighted by molar-refractivity contribution is 0.311. The Morgan fingerprint density at radius 1 is 1.44 bits per heavy atom. The van der Waals surface area contributed by atoms with Gasteiger partial charge >= 0.3 is 0 Å². The molecule has 2 heteroatoms. The molecule has 9 heavy (non-hydrogen) atoms. The fraction of sp³-hybridized carbons (Fsp3) is 1.00. The monoisotopic (exact) mass is 142 g/mol. The Kier molecular flexibility index (Phi) is 2.73. The Balaban J connectivity index is 2.08. The van der Waals surface area contributed by atoms with Crippen molar-refractivity contribution in [3.63, 3.8) is 0 Å². The number of hydrogen-bond acceptors (Lipinski definition) is 1. The maximum atomic E-state index is 2.66. The first-order valence-corrected chi connectivity index (χ1v) is 6.07.